The van der Waals surface area contributed by atoms with Gasteiger partial charge in [-0.15, -0.1) is 0 Å². The van der Waals surface area contributed by atoms with E-state index in [4.69, 9.17) is 0 Å². The smallest absolute Gasteiger partial charge is 0.150 e. The Labute approximate surface area is 110 Å². The van der Waals surface area contributed by atoms with E-state index in [-0.39, 0.29) is 0 Å². The number of rotatable bonds is 5. The monoisotopic (exact) mass is 242 g/mol. The molecule has 0 aliphatic rings. The zero-order chi connectivity index (χ0) is 13.5. The Balaban J connectivity index is 3.03. The summed E-state index contributed by atoms with van der Waals surface area (Å²) in [6.45, 7) is 8.41. The van der Waals surface area contributed by atoms with Crippen LogP contribution in [0.2, 0.25) is 0 Å². The molecular weight excluding hydrogens is 220 g/mol. The average Bonchev–Trinajstić information content (AvgIpc) is 2.34. The van der Waals surface area contributed by atoms with Gasteiger partial charge in [0.25, 0.3) is 0 Å². The summed E-state index contributed by atoms with van der Waals surface area (Å²) in [6.07, 6.45) is 7.18. The molecule has 0 amide bonds. The molecule has 0 unspecified atom stereocenters. The number of hydrogen-bond donors (Lipinski definition) is 0. The molecule has 0 fully saturated rings. The van der Waals surface area contributed by atoms with Gasteiger partial charge < -0.3 is 0 Å². The van der Waals surface area contributed by atoms with Gasteiger partial charge in [0.2, 0.25) is 0 Å². The molecule has 1 heteroatoms. The van der Waals surface area contributed by atoms with Gasteiger partial charge >= 0.3 is 0 Å². The second-order valence-electron chi connectivity index (χ2n) is 5.12. The molecule has 0 radical (unpaired) electrons. The van der Waals surface area contributed by atoms with Crippen LogP contribution in [0.25, 0.3) is 0 Å². The summed E-state index contributed by atoms with van der Waals surface area (Å²) in [6, 6.07) is 5.96. The maximum absolute atomic E-state index is 10.8. The molecule has 96 valence electrons. The third-order valence-corrected chi connectivity index (χ3v) is 2.83. The van der Waals surface area contributed by atoms with E-state index in [1.165, 1.54) is 22.3 Å². The average molecular weight is 242 g/mol. The highest BCUT2D eigenvalue weighted by atomic mass is 16.1. The quantitative estimate of drug-likeness (QED) is 0.548. The third kappa shape index (κ3) is 4.70. The van der Waals surface area contributed by atoms with Crippen molar-refractivity contribution in [2.75, 3.05) is 0 Å². The highest BCUT2D eigenvalue weighted by molar-refractivity contribution is 5.75. The number of hydrogen-bond acceptors (Lipinski definition) is 1. The fourth-order valence-electron chi connectivity index (χ4n) is 1.74. The Bertz CT molecular complexity index is 470. The lowest BCUT2D eigenvalue weighted by molar-refractivity contribution is 0.112. The molecule has 0 aromatic heterocycles. The Hall–Kier alpha value is -1.63. The molecule has 0 heterocycles. The second kappa shape index (κ2) is 6.95. The first-order valence-electron chi connectivity index (χ1n) is 6.36. The van der Waals surface area contributed by atoms with Crippen molar-refractivity contribution in [3.63, 3.8) is 0 Å². The van der Waals surface area contributed by atoms with Gasteiger partial charge in [0.05, 0.1) is 0 Å². The van der Waals surface area contributed by atoms with Crippen molar-refractivity contribution >= 4 is 6.29 Å². The number of carbonyl (C=O) groups excluding carboxylic acids is 1. The molecule has 0 N–H and O–H groups in total. The molecule has 1 aromatic rings. The van der Waals surface area contributed by atoms with Crippen molar-refractivity contribution in [3.05, 3.63) is 58.2 Å². The van der Waals surface area contributed by atoms with Crippen LogP contribution < -0.4 is 0 Å². The van der Waals surface area contributed by atoms with E-state index in [1.54, 1.807) is 0 Å². The standard InChI is InChI=1S/C17H22O/c1-13(2)5-8-16-10-7-15(12-18)11-17(16)9-6-14(3)4/h5-7,10-12H,8-9H2,1-4H3. The van der Waals surface area contributed by atoms with Crippen molar-refractivity contribution < 1.29 is 4.79 Å². The van der Waals surface area contributed by atoms with E-state index in [0.29, 0.717) is 0 Å². The SMILES string of the molecule is CC(C)=CCc1ccc(C=O)cc1CC=C(C)C. The van der Waals surface area contributed by atoms with E-state index in [0.717, 1.165) is 24.7 Å². The zero-order valence-electron chi connectivity index (χ0n) is 11.8. The van der Waals surface area contributed by atoms with Gasteiger partial charge in [-0.3, -0.25) is 4.79 Å². The summed E-state index contributed by atoms with van der Waals surface area (Å²) >= 11 is 0. The first-order valence-corrected chi connectivity index (χ1v) is 6.36. The van der Waals surface area contributed by atoms with Crippen molar-refractivity contribution in [2.24, 2.45) is 0 Å². The topological polar surface area (TPSA) is 17.1 Å². The Morgan fingerprint density at radius 1 is 0.944 bits per heavy atom. The summed E-state index contributed by atoms with van der Waals surface area (Å²) < 4.78 is 0. The van der Waals surface area contributed by atoms with Crippen LogP contribution in [0.3, 0.4) is 0 Å². The number of aldehydes is 1. The molecule has 0 bridgehead atoms. The first kappa shape index (κ1) is 14.4. The highest BCUT2D eigenvalue weighted by Crippen LogP contribution is 2.15. The van der Waals surface area contributed by atoms with Crippen LogP contribution in [0.5, 0.6) is 0 Å². The van der Waals surface area contributed by atoms with Gasteiger partial charge in [-0.1, -0.05) is 35.4 Å². The molecule has 1 aromatic carbocycles. The van der Waals surface area contributed by atoms with Crippen LogP contribution in [0, 0.1) is 0 Å². The molecule has 0 spiro atoms. The van der Waals surface area contributed by atoms with Crippen molar-refractivity contribution in [3.8, 4) is 0 Å². The predicted molar refractivity (Wildman–Crippen MR) is 78.1 cm³/mol. The fourth-order valence-corrected chi connectivity index (χ4v) is 1.74. The van der Waals surface area contributed by atoms with Crippen LogP contribution >= 0.6 is 0 Å². The van der Waals surface area contributed by atoms with Gasteiger partial charge in [-0.25, -0.2) is 0 Å². The molecule has 1 nitrogen and oxygen atoms in total. The molecule has 0 atom stereocenters. The van der Waals surface area contributed by atoms with Crippen LogP contribution in [0.15, 0.2) is 41.5 Å². The van der Waals surface area contributed by atoms with E-state index in [9.17, 15) is 4.79 Å². The molecule has 0 saturated carbocycles. The van der Waals surface area contributed by atoms with Gasteiger partial charge in [-0.05, 0) is 57.7 Å². The van der Waals surface area contributed by atoms with Crippen LogP contribution in [-0.4, -0.2) is 6.29 Å². The molecule has 0 saturated heterocycles. The van der Waals surface area contributed by atoms with E-state index >= 15 is 0 Å². The largest absolute Gasteiger partial charge is 0.298 e. The molecular formula is C17H22O. The summed E-state index contributed by atoms with van der Waals surface area (Å²) in [5.74, 6) is 0. The number of carbonyl (C=O) groups is 1. The van der Waals surface area contributed by atoms with Gasteiger partial charge in [0.1, 0.15) is 6.29 Å². The summed E-state index contributed by atoms with van der Waals surface area (Å²) in [4.78, 5) is 10.8. The molecule has 0 aliphatic heterocycles. The molecule has 1 rings (SSSR count). The van der Waals surface area contributed by atoms with Gasteiger partial charge in [-0.2, -0.15) is 0 Å². The predicted octanol–water partition coefficient (Wildman–Crippen LogP) is 4.52. The zero-order valence-corrected chi connectivity index (χ0v) is 11.8. The lowest BCUT2D eigenvalue weighted by Crippen LogP contribution is -1.95. The minimum atomic E-state index is 0.758. The Morgan fingerprint density at radius 3 is 2.00 bits per heavy atom. The van der Waals surface area contributed by atoms with Crippen molar-refractivity contribution in [1.82, 2.24) is 0 Å². The lowest BCUT2D eigenvalue weighted by Gasteiger charge is -2.07. The van der Waals surface area contributed by atoms with Crippen molar-refractivity contribution in [1.29, 1.82) is 0 Å². The minimum absolute atomic E-state index is 0.758. The molecule has 0 aliphatic carbocycles. The van der Waals surface area contributed by atoms with Gasteiger partial charge in [0, 0.05) is 5.56 Å². The lowest BCUT2D eigenvalue weighted by atomic mass is 9.98. The third-order valence-electron chi connectivity index (χ3n) is 2.83. The maximum Gasteiger partial charge on any atom is 0.150 e. The van der Waals surface area contributed by atoms with E-state index < -0.39 is 0 Å². The maximum atomic E-state index is 10.8. The van der Waals surface area contributed by atoms with E-state index in [2.05, 4.69) is 45.9 Å². The minimum Gasteiger partial charge on any atom is -0.298 e. The number of benzene rings is 1. The number of allylic oxidation sites excluding steroid dienone is 4. The molecule has 18 heavy (non-hydrogen) atoms. The van der Waals surface area contributed by atoms with Gasteiger partial charge in [0.15, 0.2) is 0 Å². The highest BCUT2D eigenvalue weighted by Gasteiger charge is 2.02. The Kier molecular flexibility index (Phi) is 5.57. The normalized spacial score (nSPS) is 9.78. The van der Waals surface area contributed by atoms with Crippen LogP contribution in [-0.2, 0) is 12.8 Å². The van der Waals surface area contributed by atoms with Crippen LogP contribution in [0.1, 0.15) is 49.2 Å². The summed E-state index contributed by atoms with van der Waals surface area (Å²) in [5, 5.41) is 0. The summed E-state index contributed by atoms with van der Waals surface area (Å²) in [7, 11) is 0. The first-order chi connectivity index (χ1) is 8.52. The Morgan fingerprint density at radius 2 is 1.50 bits per heavy atom. The summed E-state index contributed by atoms with van der Waals surface area (Å²) in [5.41, 5.74) is 5.94. The second-order valence-corrected chi connectivity index (χ2v) is 5.12. The fraction of sp³-hybridized carbons (Fsp3) is 0.353. The van der Waals surface area contributed by atoms with E-state index in [1.807, 2.05) is 12.1 Å². The van der Waals surface area contributed by atoms with Crippen LogP contribution in [0.4, 0.5) is 0 Å². The van der Waals surface area contributed by atoms with Crippen molar-refractivity contribution in [2.45, 2.75) is 40.5 Å².